The summed E-state index contributed by atoms with van der Waals surface area (Å²) in [6.07, 6.45) is 2.54. The lowest BCUT2D eigenvalue weighted by molar-refractivity contribution is -0.141. The minimum atomic E-state index is -0.250. The van der Waals surface area contributed by atoms with E-state index in [-0.39, 0.29) is 30.7 Å². The molecule has 0 radical (unpaired) electrons. The van der Waals surface area contributed by atoms with E-state index < -0.39 is 0 Å². The van der Waals surface area contributed by atoms with E-state index in [9.17, 15) is 9.59 Å². The van der Waals surface area contributed by atoms with Crippen LogP contribution in [0, 0.1) is 0 Å². The van der Waals surface area contributed by atoms with Crippen LogP contribution in [0.4, 0.5) is 4.79 Å². The van der Waals surface area contributed by atoms with Crippen LogP contribution in [-0.2, 0) is 38.9 Å². The highest BCUT2D eigenvalue weighted by molar-refractivity contribution is 5.77. The smallest absolute Gasteiger partial charge is 0.345 e. The van der Waals surface area contributed by atoms with E-state index in [4.69, 9.17) is 19.5 Å². The van der Waals surface area contributed by atoms with Crippen molar-refractivity contribution >= 4 is 18.8 Å². The Morgan fingerprint density at radius 2 is 1.84 bits per heavy atom. The number of methoxy groups -OCH3 is 1. The highest BCUT2D eigenvalue weighted by Crippen LogP contribution is 2.37. The largest absolute Gasteiger partial charge is 0.483 e. The van der Waals surface area contributed by atoms with E-state index in [2.05, 4.69) is 5.10 Å². The lowest BCUT2D eigenvalue weighted by Crippen LogP contribution is -2.31. The zero-order chi connectivity index (χ0) is 23.7. The van der Waals surface area contributed by atoms with Gasteiger partial charge in [-0.2, -0.15) is 10.2 Å². The number of carbonyl (C=O) groups excluding carboxylic acids is 2. The molecular weight excluding hydrogens is 416 g/mol. The lowest BCUT2D eigenvalue weighted by atomic mass is 10.1. The normalized spacial score (nSPS) is 16.4. The summed E-state index contributed by atoms with van der Waals surface area (Å²) in [4.78, 5) is 39.1. The van der Waals surface area contributed by atoms with Gasteiger partial charge in [0.2, 0.25) is 0 Å². The molecule has 174 valence electrons. The number of carbonyl (C=O) groups is 3. The number of ether oxygens (including phenoxy) is 1. The number of urea groups is 1. The Morgan fingerprint density at radius 3 is 2.41 bits per heavy atom. The van der Waals surface area contributed by atoms with Crippen molar-refractivity contribution in [1.29, 1.82) is 0 Å². The van der Waals surface area contributed by atoms with Gasteiger partial charge in [0, 0.05) is 12.7 Å². The van der Waals surface area contributed by atoms with E-state index in [1.54, 1.807) is 22.9 Å². The number of benzene rings is 1. The molecule has 32 heavy (non-hydrogen) atoms. The highest BCUT2D eigenvalue weighted by Gasteiger charge is 2.45. The highest BCUT2D eigenvalue weighted by atomic mass is 16.7. The topological polar surface area (TPSA) is 114 Å². The molecule has 10 nitrogen and oxygen atoms in total. The Balaban J connectivity index is 0.000000347. The van der Waals surface area contributed by atoms with Gasteiger partial charge in [-0.15, -0.1) is 0 Å². The number of nitrogens with zero attached hydrogens (tertiary/aromatic N) is 4. The molecule has 2 amide bonds. The fraction of sp³-hybridized carbons (Fsp3) is 0.455. The van der Waals surface area contributed by atoms with Crippen LogP contribution in [0.1, 0.15) is 43.6 Å². The van der Waals surface area contributed by atoms with E-state index in [1.165, 1.54) is 5.06 Å². The molecule has 2 aromatic rings. The molecule has 0 saturated carbocycles. The summed E-state index contributed by atoms with van der Waals surface area (Å²) in [5.74, 6) is 0. The predicted molar refractivity (Wildman–Crippen MR) is 115 cm³/mol. The zero-order valence-electron chi connectivity index (χ0n) is 18.8. The number of fused-ring (bicyclic) bond motifs is 4. The van der Waals surface area contributed by atoms with Gasteiger partial charge in [0.05, 0.1) is 37.1 Å². The van der Waals surface area contributed by atoms with E-state index in [1.807, 2.05) is 51.1 Å². The summed E-state index contributed by atoms with van der Waals surface area (Å²) in [6, 6.07) is 9.43. The van der Waals surface area contributed by atoms with Crippen molar-refractivity contribution in [3.63, 3.8) is 0 Å². The van der Waals surface area contributed by atoms with E-state index in [0.717, 1.165) is 23.1 Å². The van der Waals surface area contributed by atoms with Crippen LogP contribution in [0.3, 0.4) is 0 Å². The third kappa shape index (κ3) is 6.38. The second kappa shape index (κ2) is 11.4. The molecular formula is C22H30N4O6. The molecule has 3 heterocycles. The summed E-state index contributed by atoms with van der Waals surface area (Å²) in [7, 11) is 1.71. The molecule has 1 atom stereocenters. The van der Waals surface area contributed by atoms with Gasteiger partial charge in [-0.05, 0) is 26.3 Å². The van der Waals surface area contributed by atoms with Crippen LogP contribution < -0.4 is 0 Å². The number of rotatable bonds is 5. The molecule has 4 rings (SSSR count). The molecule has 2 bridgehead atoms. The van der Waals surface area contributed by atoms with Crippen LogP contribution in [0.5, 0.6) is 0 Å². The Bertz CT molecular complexity index is 894. The van der Waals surface area contributed by atoms with Crippen molar-refractivity contribution in [2.75, 3.05) is 13.7 Å². The Kier molecular flexibility index (Phi) is 8.91. The molecule has 2 aliphatic heterocycles. The summed E-state index contributed by atoms with van der Waals surface area (Å²) in [5.41, 5.74) is 2.92. The van der Waals surface area contributed by atoms with Crippen molar-refractivity contribution in [2.24, 2.45) is 0 Å². The van der Waals surface area contributed by atoms with Crippen molar-refractivity contribution in [2.45, 2.75) is 52.1 Å². The molecule has 10 heteroatoms. The third-order valence-electron chi connectivity index (χ3n) is 4.89. The lowest BCUT2D eigenvalue weighted by Gasteiger charge is -2.23. The Morgan fingerprint density at radius 1 is 1.22 bits per heavy atom. The van der Waals surface area contributed by atoms with Crippen molar-refractivity contribution < 1.29 is 29.1 Å². The van der Waals surface area contributed by atoms with Crippen molar-refractivity contribution in [3.8, 4) is 0 Å². The number of hydroxylamine groups is 2. The molecule has 1 fully saturated rings. The average Bonchev–Trinajstić information content (AvgIpc) is 3.28. The molecule has 1 saturated heterocycles. The number of hydrogen-bond donors (Lipinski definition) is 1. The van der Waals surface area contributed by atoms with Crippen LogP contribution in [-0.4, -0.2) is 62.9 Å². The van der Waals surface area contributed by atoms with Crippen LogP contribution in [0.15, 0.2) is 36.5 Å². The number of aldehydes is 1. The van der Waals surface area contributed by atoms with Gasteiger partial charge in [-0.1, -0.05) is 30.3 Å². The molecule has 1 unspecified atom stereocenters. The third-order valence-corrected chi connectivity index (χ3v) is 4.89. The van der Waals surface area contributed by atoms with Gasteiger partial charge in [0.15, 0.2) is 0 Å². The van der Waals surface area contributed by atoms with Crippen LogP contribution in [0.2, 0.25) is 0 Å². The fourth-order valence-electron chi connectivity index (χ4n) is 3.14. The zero-order valence-corrected chi connectivity index (χ0v) is 18.8. The second-order valence-corrected chi connectivity index (χ2v) is 8.08. The first kappa shape index (κ1) is 25.0. The Labute approximate surface area is 187 Å². The summed E-state index contributed by atoms with van der Waals surface area (Å²) >= 11 is 0. The SMILES string of the molecule is COC(C)(C)C.O=CCn1ncc2c1CN1CC2N(OCc2ccccc2)C1=O.O=CO. The maximum atomic E-state index is 12.5. The van der Waals surface area contributed by atoms with Gasteiger partial charge in [0.25, 0.3) is 6.47 Å². The molecule has 2 aliphatic rings. The standard InChI is InChI=1S/C16H16N4O3.C5H12O.CH2O2/c21-7-6-19-14-9-18-10-15(13(14)8-17-19)20(16(18)22)23-11-12-4-2-1-3-5-12;1-5(2,3)6-4;2-1-3/h1-5,7-8,15H,6,9-11H2;1-4H3;1H,(H,2,3). The first-order chi connectivity index (χ1) is 15.3. The maximum absolute atomic E-state index is 12.5. The van der Waals surface area contributed by atoms with Gasteiger partial charge >= 0.3 is 6.03 Å². The van der Waals surface area contributed by atoms with Crippen LogP contribution >= 0.6 is 0 Å². The van der Waals surface area contributed by atoms with Gasteiger partial charge in [-0.25, -0.2) is 4.79 Å². The molecule has 0 spiro atoms. The van der Waals surface area contributed by atoms with Crippen molar-refractivity contribution in [1.82, 2.24) is 19.7 Å². The van der Waals surface area contributed by atoms with Crippen molar-refractivity contribution in [3.05, 3.63) is 53.3 Å². The maximum Gasteiger partial charge on any atom is 0.345 e. The fourth-order valence-corrected chi connectivity index (χ4v) is 3.14. The first-order valence-corrected chi connectivity index (χ1v) is 10.1. The first-order valence-electron chi connectivity index (χ1n) is 10.1. The summed E-state index contributed by atoms with van der Waals surface area (Å²) in [5, 5.41) is 12.6. The van der Waals surface area contributed by atoms with E-state index in [0.29, 0.717) is 19.7 Å². The molecule has 1 aromatic heterocycles. The Hall–Kier alpha value is -3.24. The monoisotopic (exact) mass is 446 g/mol. The predicted octanol–water partition coefficient (Wildman–Crippen LogP) is 2.64. The molecule has 1 aromatic carbocycles. The van der Waals surface area contributed by atoms with Crippen LogP contribution in [0.25, 0.3) is 0 Å². The number of aromatic nitrogens is 2. The van der Waals surface area contributed by atoms with Gasteiger partial charge in [-0.3, -0.25) is 14.3 Å². The number of amides is 2. The van der Waals surface area contributed by atoms with E-state index >= 15 is 0 Å². The summed E-state index contributed by atoms with van der Waals surface area (Å²) < 4.78 is 6.59. The average molecular weight is 447 g/mol. The minimum Gasteiger partial charge on any atom is -0.483 e. The number of carboxylic acid groups (broad SMARTS) is 1. The molecule has 1 N–H and O–H groups in total. The van der Waals surface area contributed by atoms with Gasteiger partial charge < -0.3 is 19.5 Å². The minimum absolute atomic E-state index is 0.0417. The second-order valence-electron chi connectivity index (χ2n) is 8.08. The van der Waals surface area contributed by atoms with Gasteiger partial charge in [0.1, 0.15) is 18.9 Å². The summed E-state index contributed by atoms with van der Waals surface area (Å²) in [6.45, 7) is 7.41. The molecule has 0 aliphatic carbocycles. The quantitative estimate of drug-likeness (QED) is 0.702. The number of hydrogen-bond acceptors (Lipinski definition) is 6.